The van der Waals surface area contributed by atoms with Gasteiger partial charge in [-0.15, -0.1) is 5.10 Å². The number of hydrogen-bond acceptors (Lipinski definition) is 6. The van der Waals surface area contributed by atoms with Crippen LogP contribution in [0.5, 0.6) is 0 Å². The summed E-state index contributed by atoms with van der Waals surface area (Å²) in [6, 6.07) is 5.82. The quantitative estimate of drug-likeness (QED) is 0.282. The van der Waals surface area contributed by atoms with Gasteiger partial charge in [-0.1, -0.05) is 11.8 Å². The first-order chi connectivity index (χ1) is 11.7. The molecule has 0 radical (unpaired) electrons. The summed E-state index contributed by atoms with van der Waals surface area (Å²) in [7, 11) is 1.58. The minimum absolute atomic E-state index is 0.0882. The molecular formula is C14H15N6O3S+. The van der Waals surface area contributed by atoms with Crippen LogP contribution in [0.15, 0.2) is 35.7 Å². The Morgan fingerprint density at radius 3 is 2.88 bits per heavy atom. The molecule has 0 aliphatic carbocycles. The highest BCUT2D eigenvalue weighted by molar-refractivity contribution is 7.99. The highest BCUT2D eigenvalue weighted by Gasteiger charge is 2.13. The molecule has 0 fully saturated rings. The number of aromatic nitrogens is 5. The number of rotatable bonds is 7. The second-order valence-corrected chi connectivity index (χ2v) is 5.78. The smallest absolute Gasteiger partial charge is 0.313 e. The van der Waals surface area contributed by atoms with Crippen molar-refractivity contribution in [3.63, 3.8) is 0 Å². The van der Waals surface area contributed by atoms with Gasteiger partial charge in [-0.05, 0) is 11.6 Å². The number of nitrogens with zero attached hydrogens (tertiary/aromatic N) is 3. The van der Waals surface area contributed by atoms with E-state index in [2.05, 4.69) is 25.4 Å². The van der Waals surface area contributed by atoms with Crippen molar-refractivity contribution in [2.24, 2.45) is 0 Å². The Bertz CT molecular complexity index is 833. The van der Waals surface area contributed by atoms with Gasteiger partial charge >= 0.3 is 5.97 Å². The number of carboxylic acids is 1. The predicted octanol–water partition coefficient (Wildman–Crippen LogP) is 0.795. The highest BCUT2D eigenvalue weighted by atomic mass is 32.2. The molecule has 10 heteroatoms. The van der Waals surface area contributed by atoms with Crippen molar-refractivity contribution in [3.05, 3.63) is 30.6 Å². The second kappa shape index (κ2) is 7.25. The van der Waals surface area contributed by atoms with Crippen LogP contribution in [0, 0.1) is 0 Å². The number of nitrogens with one attached hydrogen (secondary N) is 2. The van der Waals surface area contributed by atoms with E-state index in [0.717, 1.165) is 34.1 Å². The number of aromatic amines is 2. The van der Waals surface area contributed by atoms with E-state index in [-0.39, 0.29) is 5.75 Å². The number of H-pyrrole nitrogens is 2. The van der Waals surface area contributed by atoms with E-state index in [1.807, 2.05) is 18.2 Å². The van der Waals surface area contributed by atoms with Crippen LogP contribution in [-0.2, 0) is 9.63 Å². The van der Waals surface area contributed by atoms with Crippen LogP contribution in [0.25, 0.3) is 22.5 Å². The Morgan fingerprint density at radius 1 is 1.33 bits per heavy atom. The van der Waals surface area contributed by atoms with Gasteiger partial charge in [-0.25, -0.2) is 9.82 Å². The largest absolute Gasteiger partial charge is 0.481 e. The molecule has 2 heterocycles. The molecular weight excluding hydrogens is 332 g/mol. The molecule has 0 amide bonds. The number of carbonyl (C=O) groups is 1. The molecule has 9 nitrogen and oxygen atoms in total. The summed E-state index contributed by atoms with van der Waals surface area (Å²) in [5, 5.41) is 22.7. The lowest BCUT2D eigenvalue weighted by atomic mass is 10.0. The Morgan fingerprint density at radius 2 is 2.17 bits per heavy atom. The maximum absolute atomic E-state index is 10.6. The van der Waals surface area contributed by atoms with Gasteiger partial charge < -0.3 is 5.11 Å². The molecule has 2 aromatic heterocycles. The maximum atomic E-state index is 10.6. The summed E-state index contributed by atoms with van der Waals surface area (Å²) in [5.41, 5.74) is 5.18. The Kier molecular flexibility index (Phi) is 4.89. The molecule has 3 aromatic rings. The fourth-order valence-corrected chi connectivity index (χ4v) is 2.65. The number of carboxylic acid groups (broad SMARTS) is 1. The molecule has 0 atom stereocenters. The van der Waals surface area contributed by atoms with Crippen molar-refractivity contribution >= 4 is 23.4 Å². The molecule has 0 aliphatic heterocycles. The van der Waals surface area contributed by atoms with Gasteiger partial charge in [0.05, 0.1) is 19.1 Å². The van der Waals surface area contributed by atoms with E-state index in [4.69, 9.17) is 9.94 Å². The van der Waals surface area contributed by atoms with Gasteiger partial charge in [-0.2, -0.15) is 10.6 Å². The van der Waals surface area contributed by atoms with Gasteiger partial charge in [0.25, 0.3) is 0 Å². The van der Waals surface area contributed by atoms with Crippen molar-refractivity contribution in [1.82, 2.24) is 25.4 Å². The van der Waals surface area contributed by atoms with Crippen LogP contribution in [-0.4, -0.2) is 49.3 Å². The van der Waals surface area contributed by atoms with E-state index >= 15 is 0 Å². The number of quaternary nitrogens is 1. The predicted molar refractivity (Wildman–Crippen MR) is 86.4 cm³/mol. The Labute approximate surface area is 140 Å². The molecule has 0 aliphatic rings. The topological polar surface area (TPSA) is 133 Å². The Hall–Kier alpha value is -2.69. The standard InChI is InChI=1S/C14H14N6O3S/c1-23-20-11-3-8(10-5-15-16-6-10)2-9(4-11)13-17-14(19-18-13)24-7-12(21)22/h2-6,20H,7H2,1H3,(H,15,16)(H,21,22)(H,17,18,19)/p+1. The van der Waals surface area contributed by atoms with Gasteiger partial charge in [0.15, 0.2) is 11.5 Å². The molecule has 0 unspecified atom stereocenters. The Balaban J connectivity index is 1.93. The van der Waals surface area contributed by atoms with Crippen LogP contribution in [0.1, 0.15) is 0 Å². The van der Waals surface area contributed by atoms with E-state index in [1.165, 1.54) is 0 Å². The molecule has 0 saturated carbocycles. The average Bonchev–Trinajstić information content (AvgIpc) is 3.25. The lowest BCUT2D eigenvalue weighted by Gasteiger charge is -2.04. The third kappa shape index (κ3) is 3.79. The average molecular weight is 347 g/mol. The zero-order valence-corrected chi connectivity index (χ0v) is 13.5. The number of nitrogens with two attached hydrogens (primary N) is 1. The number of benzene rings is 1. The van der Waals surface area contributed by atoms with E-state index in [9.17, 15) is 4.79 Å². The van der Waals surface area contributed by atoms with Gasteiger partial charge in [0.1, 0.15) is 0 Å². The molecule has 24 heavy (non-hydrogen) atoms. The monoisotopic (exact) mass is 347 g/mol. The number of thioether (sulfide) groups is 1. The highest BCUT2D eigenvalue weighted by Crippen LogP contribution is 2.27. The minimum atomic E-state index is -0.912. The van der Waals surface area contributed by atoms with E-state index < -0.39 is 5.97 Å². The van der Waals surface area contributed by atoms with Crippen molar-refractivity contribution < 1.29 is 20.2 Å². The summed E-state index contributed by atoms with van der Waals surface area (Å²) in [6.45, 7) is 0. The molecule has 1 aromatic carbocycles. The van der Waals surface area contributed by atoms with Crippen LogP contribution < -0.4 is 5.48 Å². The first kappa shape index (κ1) is 16.2. The fourth-order valence-electron chi connectivity index (χ4n) is 2.13. The van der Waals surface area contributed by atoms with Crippen molar-refractivity contribution in [2.75, 3.05) is 12.9 Å². The van der Waals surface area contributed by atoms with Crippen LogP contribution in [0.2, 0.25) is 0 Å². The lowest BCUT2D eigenvalue weighted by molar-refractivity contribution is -0.830. The summed E-state index contributed by atoms with van der Waals surface area (Å²) >= 11 is 1.06. The maximum Gasteiger partial charge on any atom is 0.313 e. The van der Waals surface area contributed by atoms with E-state index in [0.29, 0.717) is 11.0 Å². The molecule has 0 bridgehead atoms. The number of aliphatic carboxylic acids is 1. The van der Waals surface area contributed by atoms with Crippen LogP contribution in [0.4, 0.5) is 5.69 Å². The van der Waals surface area contributed by atoms with Crippen molar-refractivity contribution in [3.8, 4) is 22.5 Å². The third-order valence-electron chi connectivity index (χ3n) is 3.10. The minimum Gasteiger partial charge on any atom is -0.481 e. The van der Waals surface area contributed by atoms with E-state index in [1.54, 1.807) is 25.0 Å². The zero-order chi connectivity index (χ0) is 16.9. The molecule has 3 rings (SSSR count). The van der Waals surface area contributed by atoms with Crippen molar-refractivity contribution in [1.29, 1.82) is 0 Å². The zero-order valence-electron chi connectivity index (χ0n) is 12.7. The summed E-state index contributed by atoms with van der Waals surface area (Å²) in [6.07, 6.45) is 3.52. The summed E-state index contributed by atoms with van der Waals surface area (Å²) in [5.74, 6) is -0.445. The van der Waals surface area contributed by atoms with Crippen molar-refractivity contribution in [2.45, 2.75) is 5.16 Å². The molecule has 124 valence electrons. The lowest BCUT2D eigenvalue weighted by Crippen LogP contribution is -2.75. The fraction of sp³-hybridized carbons (Fsp3) is 0.143. The van der Waals surface area contributed by atoms with Gasteiger partial charge in [0, 0.05) is 29.5 Å². The first-order valence-corrected chi connectivity index (χ1v) is 7.92. The SMILES string of the molecule is CO[NH2+]c1cc(-c2cn[nH]c2)cc(-c2nc(SCC(=O)O)n[nH]2)c1. The summed E-state index contributed by atoms with van der Waals surface area (Å²) < 4.78 is 0. The van der Waals surface area contributed by atoms with Gasteiger partial charge in [0.2, 0.25) is 5.16 Å². The molecule has 0 spiro atoms. The first-order valence-electron chi connectivity index (χ1n) is 6.93. The summed E-state index contributed by atoms with van der Waals surface area (Å²) in [4.78, 5) is 20.1. The third-order valence-corrected chi connectivity index (χ3v) is 3.94. The second-order valence-electron chi connectivity index (χ2n) is 4.83. The normalized spacial score (nSPS) is 10.9. The molecule has 0 saturated heterocycles. The van der Waals surface area contributed by atoms with Crippen LogP contribution >= 0.6 is 11.8 Å². The molecule has 5 N–H and O–H groups in total. The van der Waals surface area contributed by atoms with Gasteiger partial charge in [-0.3, -0.25) is 15.0 Å². The van der Waals surface area contributed by atoms with Crippen LogP contribution in [0.3, 0.4) is 0 Å². The number of hydrogen-bond donors (Lipinski definition) is 4.